The molecule has 0 aliphatic carbocycles. The molecule has 3 amide bonds. The van der Waals surface area contributed by atoms with E-state index in [-0.39, 0.29) is 18.7 Å². The Morgan fingerprint density at radius 2 is 1.44 bits per heavy atom. The number of hydrogen-bond acceptors (Lipinski definition) is 14. The number of ether oxygens (including phenoxy) is 4. The number of alkyl carbamates (subject to hydrolysis) is 1. The summed E-state index contributed by atoms with van der Waals surface area (Å²) in [6, 6.07) is 26.7. The number of carbonyl (C=O) groups excluding carboxylic acids is 3. The number of imidazole rings is 1. The lowest BCUT2D eigenvalue weighted by atomic mass is 9.77. The number of rotatable bonds is 14. The summed E-state index contributed by atoms with van der Waals surface area (Å²) in [6.45, 7) is 7.68. The minimum absolute atomic E-state index is 0.156. The van der Waals surface area contributed by atoms with Gasteiger partial charge >= 0.3 is 16.4 Å². The number of amides is 3. The molecule has 2 saturated heterocycles. The number of nitrogens with zero attached hydrogens (tertiary/aromatic N) is 4. The SMILES string of the molecule is CC(C)(C)OC(=O)N[C@H](CCC(=O)NC(c1ccccc1)(c1ccccc1)c1ccccc1)C(=O)NS(=O)(=O)OCC1OC(n2cnc3c(N)ncnc32)[C@H]2OC(C)(C)OC12. The number of nitrogens with two attached hydrogens (primary N) is 1. The van der Waals surface area contributed by atoms with Crippen molar-refractivity contribution in [1.29, 1.82) is 0 Å². The zero-order valence-corrected chi connectivity index (χ0v) is 35.0. The second-order valence-electron chi connectivity index (χ2n) is 16.1. The van der Waals surface area contributed by atoms with E-state index in [2.05, 4.69) is 25.6 Å². The Morgan fingerprint density at radius 1 is 0.869 bits per heavy atom. The molecule has 4 heterocycles. The number of fused-ring (bicyclic) bond motifs is 2. The maximum atomic E-state index is 14.1. The highest BCUT2D eigenvalue weighted by Crippen LogP contribution is 2.44. The summed E-state index contributed by atoms with van der Waals surface area (Å²) in [5, 5.41) is 5.63. The van der Waals surface area contributed by atoms with Gasteiger partial charge in [-0.1, -0.05) is 91.0 Å². The van der Waals surface area contributed by atoms with E-state index in [1.54, 1.807) is 39.2 Å². The molecule has 0 saturated carbocycles. The topological polar surface area (TPSA) is 237 Å². The van der Waals surface area contributed by atoms with Gasteiger partial charge in [-0.3, -0.25) is 18.3 Å². The smallest absolute Gasteiger partial charge is 0.408 e. The summed E-state index contributed by atoms with van der Waals surface area (Å²) >= 11 is 0. The van der Waals surface area contributed by atoms with Crippen LogP contribution in [0, 0.1) is 0 Å². The van der Waals surface area contributed by atoms with Gasteiger partial charge in [0.05, 0.1) is 12.9 Å². The molecule has 0 radical (unpaired) electrons. The number of anilines is 1. The molecule has 2 fully saturated rings. The lowest BCUT2D eigenvalue weighted by Gasteiger charge is -2.37. The Labute approximate surface area is 352 Å². The number of nitrogens with one attached hydrogen (secondary N) is 3. The fourth-order valence-corrected chi connectivity index (χ4v) is 8.26. The van der Waals surface area contributed by atoms with Crippen LogP contribution in [0.2, 0.25) is 0 Å². The Bertz CT molecular complexity index is 2370. The molecule has 7 rings (SSSR count). The highest BCUT2D eigenvalue weighted by molar-refractivity contribution is 7.85. The van der Waals surface area contributed by atoms with Crippen molar-refractivity contribution in [2.75, 3.05) is 12.3 Å². The van der Waals surface area contributed by atoms with Crippen LogP contribution in [0.15, 0.2) is 104 Å². The van der Waals surface area contributed by atoms with Gasteiger partial charge in [0.1, 0.15) is 47.3 Å². The predicted molar refractivity (Wildman–Crippen MR) is 220 cm³/mol. The Hall–Kier alpha value is -5.99. The van der Waals surface area contributed by atoms with Crippen LogP contribution in [0.5, 0.6) is 0 Å². The first kappa shape index (κ1) is 43.1. The molecule has 5 N–H and O–H groups in total. The summed E-state index contributed by atoms with van der Waals surface area (Å²) in [7, 11) is -4.85. The van der Waals surface area contributed by atoms with Crippen LogP contribution < -0.4 is 21.1 Å². The van der Waals surface area contributed by atoms with Crippen molar-refractivity contribution < 1.29 is 45.9 Å². The number of carbonyl (C=O) groups is 3. The second-order valence-corrected chi connectivity index (χ2v) is 17.4. The first-order valence-corrected chi connectivity index (χ1v) is 21.0. The minimum Gasteiger partial charge on any atom is -0.444 e. The lowest BCUT2D eigenvalue weighted by Crippen LogP contribution is -2.51. The lowest BCUT2D eigenvalue weighted by molar-refractivity contribution is -0.198. The van der Waals surface area contributed by atoms with Gasteiger partial charge in [0.15, 0.2) is 23.5 Å². The van der Waals surface area contributed by atoms with Gasteiger partial charge in [-0.15, -0.1) is 0 Å². The largest absolute Gasteiger partial charge is 0.444 e. The molecular weight excluding hydrogens is 809 g/mol. The third-order valence-electron chi connectivity index (χ3n) is 10.0. The summed E-state index contributed by atoms with van der Waals surface area (Å²) in [4.78, 5) is 53.4. The molecule has 61 heavy (non-hydrogen) atoms. The molecule has 2 aliphatic rings. The molecule has 2 aliphatic heterocycles. The van der Waals surface area contributed by atoms with E-state index >= 15 is 0 Å². The van der Waals surface area contributed by atoms with Crippen LogP contribution in [-0.4, -0.2) is 88.2 Å². The van der Waals surface area contributed by atoms with Gasteiger partial charge in [-0.05, 0) is 57.7 Å². The van der Waals surface area contributed by atoms with Crippen LogP contribution in [0.3, 0.4) is 0 Å². The van der Waals surface area contributed by atoms with Gasteiger partial charge < -0.3 is 35.3 Å². The highest BCUT2D eigenvalue weighted by Gasteiger charge is 2.56. The van der Waals surface area contributed by atoms with Crippen molar-refractivity contribution in [3.8, 4) is 0 Å². The minimum atomic E-state index is -4.85. The number of aromatic nitrogens is 4. The van der Waals surface area contributed by atoms with Gasteiger partial charge in [-0.25, -0.2) is 24.5 Å². The van der Waals surface area contributed by atoms with Gasteiger partial charge in [-0.2, -0.15) is 8.42 Å². The maximum absolute atomic E-state index is 14.1. The molecular formula is C42H48N8O10S. The van der Waals surface area contributed by atoms with Crippen molar-refractivity contribution in [3.63, 3.8) is 0 Å². The van der Waals surface area contributed by atoms with Crippen molar-refractivity contribution in [2.45, 2.75) is 95.0 Å². The van der Waals surface area contributed by atoms with Crippen LogP contribution in [0.1, 0.15) is 70.4 Å². The fourth-order valence-electron chi connectivity index (χ4n) is 7.50. The molecule has 322 valence electrons. The molecule has 0 spiro atoms. The predicted octanol–water partition coefficient (Wildman–Crippen LogP) is 3.99. The Morgan fingerprint density at radius 3 is 2.02 bits per heavy atom. The third kappa shape index (κ3) is 9.66. The van der Waals surface area contributed by atoms with E-state index in [1.165, 1.54) is 12.7 Å². The molecule has 3 aromatic carbocycles. The van der Waals surface area contributed by atoms with Gasteiger partial charge in [0.2, 0.25) is 5.91 Å². The average Bonchev–Trinajstić information content (AvgIpc) is 3.89. The van der Waals surface area contributed by atoms with Crippen LogP contribution in [0.4, 0.5) is 10.6 Å². The summed E-state index contributed by atoms with van der Waals surface area (Å²) in [5.74, 6) is -2.58. The molecule has 5 atom stereocenters. The monoisotopic (exact) mass is 856 g/mol. The first-order chi connectivity index (χ1) is 28.9. The molecule has 18 nitrogen and oxygen atoms in total. The number of nitrogen functional groups attached to an aromatic ring is 1. The van der Waals surface area contributed by atoms with Gasteiger partial charge in [0.25, 0.3) is 5.91 Å². The summed E-state index contributed by atoms with van der Waals surface area (Å²) in [6.07, 6.45) is -2.37. The quantitative estimate of drug-likeness (QED) is 0.116. The van der Waals surface area contributed by atoms with Crippen molar-refractivity contribution in [1.82, 2.24) is 34.9 Å². The Balaban J connectivity index is 1.07. The maximum Gasteiger partial charge on any atom is 0.408 e. The van der Waals surface area contributed by atoms with Crippen molar-refractivity contribution >= 4 is 45.2 Å². The van der Waals surface area contributed by atoms with Crippen LogP contribution in [-0.2, 0) is 48.6 Å². The van der Waals surface area contributed by atoms with E-state index in [1.807, 2.05) is 95.7 Å². The van der Waals surface area contributed by atoms with Crippen molar-refractivity contribution in [3.05, 3.63) is 120 Å². The van der Waals surface area contributed by atoms with Crippen molar-refractivity contribution in [2.24, 2.45) is 0 Å². The van der Waals surface area contributed by atoms with Crippen LogP contribution >= 0.6 is 0 Å². The number of benzene rings is 3. The first-order valence-electron chi connectivity index (χ1n) is 19.6. The van der Waals surface area contributed by atoms with Crippen LogP contribution in [0.25, 0.3) is 11.2 Å². The standard InChI is InChI=1S/C42H48N8O10S/c1-40(2,3)60-39(53)47-29(21-22-31(51)48-42(26-15-9-6-10-16-26,27-17-11-7-12-18-27)28-19-13-8-14-20-28)37(52)49-61(54,55)56-23-30-33-34(59-41(4,5)58-33)38(57-30)50-25-46-32-35(43)44-24-45-36(32)50/h6-20,24-25,29-30,33-34,38H,21-23H2,1-5H3,(H,47,53)(H,48,51)(H,49,52)(H2,43,44,45)/t29-,30?,33?,34+,38?/m1/s1. The highest BCUT2D eigenvalue weighted by atomic mass is 32.2. The molecule has 0 bridgehead atoms. The second kappa shape index (κ2) is 17.2. The average molecular weight is 857 g/mol. The molecule has 19 heteroatoms. The fraction of sp³-hybridized carbons (Fsp3) is 0.381. The van der Waals surface area contributed by atoms with Gasteiger partial charge in [0, 0.05) is 6.42 Å². The summed E-state index contributed by atoms with van der Waals surface area (Å²) in [5.41, 5.74) is 6.85. The van der Waals surface area contributed by atoms with E-state index in [4.69, 9.17) is 28.9 Å². The summed E-state index contributed by atoms with van der Waals surface area (Å²) < 4.78 is 59.4. The number of hydrogen-bond donors (Lipinski definition) is 4. The zero-order valence-electron chi connectivity index (χ0n) is 34.2. The molecule has 5 aromatic rings. The van der Waals surface area contributed by atoms with E-state index in [0.717, 1.165) is 16.7 Å². The zero-order chi connectivity index (χ0) is 43.6. The van der Waals surface area contributed by atoms with E-state index < -0.39 is 82.3 Å². The molecule has 2 aromatic heterocycles. The third-order valence-corrected chi connectivity index (χ3v) is 10.9. The van der Waals surface area contributed by atoms with E-state index in [9.17, 15) is 22.8 Å². The normalized spacial score (nSPS) is 20.4. The Kier molecular flexibility index (Phi) is 12.1. The van der Waals surface area contributed by atoms with E-state index in [0.29, 0.717) is 11.2 Å². The molecule has 3 unspecified atom stereocenters.